The Labute approximate surface area is 209 Å². The third kappa shape index (κ3) is 9.23. The Kier molecular flexibility index (Phi) is 12.3. The zero-order chi connectivity index (χ0) is 24.0. The minimum atomic E-state index is -0.140. The number of esters is 1. The number of hydrogen-bond donors (Lipinski definition) is 0. The van der Waals surface area contributed by atoms with Crippen LogP contribution >= 0.6 is 0 Å². The van der Waals surface area contributed by atoms with Crippen molar-refractivity contribution in [3.05, 3.63) is 41.5 Å². The third-order valence-corrected chi connectivity index (χ3v) is 8.26. The first-order valence-electron chi connectivity index (χ1n) is 14.7. The molecular weight excluding hydrogens is 416 g/mol. The van der Waals surface area contributed by atoms with Crippen LogP contribution in [0.3, 0.4) is 0 Å². The molecule has 2 heteroatoms. The highest BCUT2D eigenvalue weighted by molar-refractivity contribution is 5.90. The first-order valence-corrected chi connectivity index (χ1v) is 14.7. The Morgan fingerprint density at radius 2 is 1.38 bits per heavy atom. The number of benzene rings is 1. The van der Waals surface area contributed by atoms with Gasteiger partial charge in [-0.15, -0.1) is 0 Å². The van der Waals surface area contributed by atoms with Crippen molar-refractivity contribution in [1.82, 2.24) is 0 Å². The van der Waals surface area contributed by atoms with Crippen LogP contribution in [0, 0.1) is 11.8 Å². The normalized spacial score (nSPS) is 22.9. The fraction of sp³-hybridized carbons (Fsp3) is 0.719. The van der Waals surface area contributed by atoms with E-state index in [1.165, 1.54) is 114 Å². The molecule has 3 rings (SSSR count). The van der Waals surface area contributed by atoms with Crippen LogP contribution in [-0.2, 0) is 4.74 Å². The number of ether oxygens (including phenoxy) is 1. The highest BCUT2D eigenvalue weighted by Crippen LogP contribution is 2.33. The van der Waals surface area contributed by atoms with Gasteiger partial charge < -0.3 is 4.74 Å². The van der Waals surface area contributed by atoms with E-state index in [1.54, 1.807) is 0 Å². The molecule has 0 heterocycles. The highest BCUT2D eigenvalue weighted by Gasteiger charge is 2.24. The summed E-state index contributed by atoms with van der Waals surface area (Å²) < 4.78 is 5.88. The van der Waals surface area contributed by atoms with Gasteiger partial charge in [-0.05, 0) is 80.1 Å². The third-order valence-electron chi connectivity index (χ3n) is 8.26. The topological polar surface area (TPSA) is 26.3 Å². The van der Waals surface area contributed by atoms with Gasteiger partial charge in [0.15, 0.2) is 0 Å². The van der Waals surface area contributed by atoms with Crippen molar-refractivity contribution in [2.45, 2.75) is 136 Å². The first-order chi connectivity index (χ1) is 16.7. The molecule has 0 spiro atoms. The monoisotopic (exact) mass is 466 g/mol. The summed E-state index contributed by atoms with van der Waals surface area (Å²) in [6.45, 7) is 4.55. The lowest BCUT2D eigenvalue weighted by atomic mass is 9.83. The predicted octanol–water partition coefficient (Wildman–Crippen LogP) is 9.92. The zero-order valence-corrected chi connectivity index (χ0v) is 22.2. The fourth-order valence-electron chi connectivity index (χ4n) is 5.89. The van der Waals surface area contributed by atoms with Gasteiger partial charge in [-0.3, -0.25) is 0 Å². The molecular formula is C32H50O2. The molecule has 0 radical (unpaired) electrons. The van der Waals surface area contributed by atoms with Gasteiger partial charge in [0.25, 0.3) is 0 Å². The van der Waals surface area contributed by atoms with Gasteiger partial charge in [0.1, 0.15) is 6.10 Å². The maximum absolute atomic E-state index is 12.7. The van der Waals surface area contributed by atoms with Crippen LogP contribution in [0.5, 0.6) is 0 Å². The number of carbonyl (C=O) groups excluding carboxylic acids is 1. The zero-order valence-electron chi connectivity index (χ0n) is 22.2. The van der Waals surface area contributed by atoms with Crippen molar-refractivity contribution in [2.75, 3.05) is 0 Å². The Morgan fingerprint density at radius 1 is 0.765 bits per heavy atom. The second-order valence-electron chi connectivity index (χ2n) is 11.0. The van der Waals surface area contributed by atoms with Crippen molar-refractivity contribution >= 4 is 11.5 Å². The SMILES string of the molecule is CCCCCCCC1CC=C(c2ccc(C(=O)O[C@H]3CC[C@H](CCCCCC)CC3)cc2)CC1. The molecule has 0 aliphatic heterocycles. The number of rotatable bonds is 14. The number of allylic oxidation sites excluding steroid dienone is 2. The molecule has 2 aliphatic rings. The van der Waals surface area contributed by atoms with Crippen LogP contribution < -0.4 is 0 Å². The largest absolute Gasteiger partial charge is 0.459 e. The average molecular weight is 467 g/mol. The smallest absolute Gasteiger partial charge is 0.338 e. The van der Waals surface area contributed by atoms with Crippen molar-refractivity contribution in [1.29, 1.82) is 0 Å². The van der Waals surface area contributed by atoms with Gasteiger partial charge in [0, 0.05) is 0 Å². The lowest BCUT2D eigenvalue weighted by Gasteiger charge is -2.28. The van der Waals surface area contributed by atoms with Gasteiger partial charge >= 0.3 is 5.97 Å². The van der Waals surface area contributed by atoms with Gasteiger partial charge in [-0.2, -0.15) is 0 Å². The Balaban J connectivity index is 1.37. The molecule has 1 unspecified atom stereocenters. The summed E-state index contributed by atoms with van der Waals surface area (Å²) in [5, 5.41) is 0. The molecule has 0 aromatic heterocycles. The molecule has 1 atom stereocenters. The lowest BCUT2D eigenvalue weighted by molar-refractivity contribution is 0.0161. The predicted molar refractivity (Wildman–Crippen MR) is 145 cm³/mol. The molecule has 1 aromatic rings. The summed E-state index contributed by atoms with van der Waals surface area (Å²) in [7, 11) is 0. The molecule has 0 amide bonds. The first kappa shape index (κ1) is 27.0. The van der Waals surface area contributed by atoms with E-state index >= 15 is 0 Å². The van der Waals surface area contributed by atoms with Crippen LogP contribution in [0.1, 0.15) is 145 Å². The molecule has 1 saturated carbocycles. The maximum atomic E-state index is 12.7. The molecule has 0 N–H and O–H groups in total. The Bertz CT molecular complexity index is 724. The van der Waals surface area contributed by atoms with E-state index in [-0.39, 0.29) is 12.1 Å². The molecule has 0 bridgehead atoms. The molecule has 34 heavy (non-hydrogen) atoms. The van der Waals surface area contributed by atoms with Crippen LogP contribution in [0.25, 0.3) is 5.57 Å². The standard InChI is InChI=1S/C32H50O2/c1-3-5-7-9-11-13-26-14-18-28(19-15-26)29-20-22-30(23-21-29)32(33)34-31-24-16-27(17-25-31)12-10-8-6-4-2/h18,20-23,26-27,31H,3-17,19,24-25H2,1-2H3/t26?,27-,31-. The fourth-order valence-corrected chi connectivity index (χ4v) is 5.89. The van der Waals surface area contributed by atoms with E-state index in [0.29, 0.717) is 5.56 Å². The van der Waals surface area contributed by atoms with Gasteiger partial charge in [0.2, 0.25) is 0 Å². The molecule has 2 aliphatic carbocycles. The maximum Gasteiger partial charge on any atom is 0.338 e. The average Bonchev–Trinajstić information content (AvgIpc) is 2.88. The van der Waals surface area contributed by atoms with Crippen molar-refractivity contribution < 1.29 is 9.53 Å². The second kappa shape index (κ2) is 15.4. The quantitative estimate of drug-likeness (QED) is 0.201. The molecule has 1 aromatic carbocycles. The van der Waals surface area contributed by atoms with E-state index in [0.717, 1.165) is 24.7 Å². The summed E-state index contributed by atoms with van der Waals surface area (Å²) in [6, 6.07) is 8.19. The second-order valence-corrected chi connectivity index (χ2v) is 11.0. The summed E-state index contributed by atoms with van der Waals surface area (Å²) in [6.07, 6.45) is 25.8. The van der Waals surface area contributed by atoms with Crippen LogP contribution in [-0.4, -0.2) is 12.1 Å². The Hall–Kier alpha value is -1.57. The summed E-state index contributed by atoms with van der Waals surface area (Å²) in [5.41, 5.74) is 3.44. The molecule has 0 saturated heterocycles. The van der Waals surface area contributed by atoms with Crippen molar-refractivity contribution in [3.8, 4) is 0 Å². The van der Waals surface area contributed by atoms with E-state index in [4.69, 9.17) is 4.74 Å². The summed E-state index contributed by atoms with van der Waals surface area (Å²) >= 11 is 0. The van der Waals surface area contributed by atoms with Gasteiger partial charge in [-0.1, -0.05) is 103 Å². The number of carbonyl (C=O) groups is 1. The van der Waals surface area contributed by atoms with Crippen molar-refractivity contribution in [3.63, 3.8) is 0 Å². The van der Waals surface area contributed by atoms with E-state index in [9.17, 15) is 4.79 Å². The number of hydrogen-bond acceptors (Lipinski definition) is 2. The minimum absolute atomic E-state index is 0.110. The summed E-state index contributed by atoms with van der Waals surface area (Å²) in [5.74, 6) is 1.57. The molecule has 1 fully saturated rings. The minimum Gasteiger partial charge on any atom is -0.459 e. The highest BCUT2D eigenvalue weighted by atomic mass is 16.5. The van der Waals surface area contributed by atoms with E-state index < -0.39 is 0 Å². The van der Waals surface area contributed by atoms with Gasteiger partial charge in [-0.25, -0.2) is 4.79 Å². The van der Waals surface area contributed by atoms with E-state index in [1.807, 2.05) is 12.1 Å². The number of unbranched alkanes of at least 4 members (excludes halogenated alkanes) is 7. The van der Waals surface area contributed by atoms with Crippen LogP contribution in [0.2, 0.25) is 0 Å². The Morgan fingerprint density at radius 3 is 2.00 bits per heavy atom. The van der Waals surface area contributed by atoms with Crippen LogP contribution in [0.15, 0.2) is 30.3 Å². The molecule has 2 nitrogen and oxygen atoms in total. The van der Waals surface area contributed by atoms with Gasteiger partial charge in [0.05, 0.1) is 5.56 Å². The lowest BCUT2D eigenvalue weighted by Crippen LogP contribution is -2.24. The van der Waals surface area contributed by atoms with E-state index in [2.05, 4.69) is 32.1 Å². The van der Waals surface area contributed by atoms with Crippen molar-refractivity contribution in [2.24, 2.45) is 11.8 Å². The summed E-state index contributed by atoms with van der Waals surface area (Å²) in [4.78, 5) is 12.7. The molecule has 190 valence electrons. The van der Waals surface area contributed by atoms with Crippen LogP contribution in [0.4, 0.5) is 0 Å².